The molecule has 6 nitrogen and oxygen atoms in total. The van der Waals surface area contributed by atoms with Gasteiger partial charge in [0.15, 0.2) is 0 Å². The quantitative estimate of drug-likeness (QED) is 0.610. The number of Topliss-reactive ketones (excluding diaryl/α,β-unsaturated/α-hetero) is 1. The van der Waals surface area contributed by atoms with Crippen LogP contribution in [0.15, 0.2) is 18.2 Å². The van der Waals surface area contributed by atoms with E-state index in [0.717, 1.165) is 0 Å². The van der Waals surface area contributed by atoms with Crippen molar-refractivity contribution >= 4 is 17.4 Å². The van der Waals surface area contributed by atoms with E-state index in [1.165, 1.54) is 18.2 Å². The molecule has 6 heteroatoms. The van der Waals surface area contributed by atoms with E-state index in [4.69, 9.17) is 0 Å². The predicted molar refractivity (Wildman–Crippen MR) is 72.5 cm³/mol. The number of carbonyl (C=O) groups excluding carboxylic acids is 2. The normalized spacial score (nSPS) is 19.0. The number of nitro benzene ring substituents is 1. The molecule has 1 aliphatic heterocycles. The van der Waals surface area contributed by atoms with Gasteiger partial charge in [-0.15, -0.1) is 0 Å². The highest BCUT2D eigenvalue weighted by Crippen LogP contribution is 2.21. The first-order valence-corrected chi connectivity index (χ1v) is 6.47. The summed E-state index contributed by atoms with van der Waals surface area (Å²) in [5.74, 6) is -0.141. The minimum absolute atomic E-state index is 0.0266. The Balaban J connectivity index is 2.21. The third kappa shape index (κ3) is 2.68. The summed E-state index contributed by atoms with van der Waals surface area (Å²) in [4.78, 5) is 35.7. The summed E-state index contributed by atoms with van der Waals surface area (Å²) in [7, 11) is 0. The average molecular weight is 276 g/mol. The molecule has 20 heavy (non-hydrogen) atoms. The van der Waals surface area contributed by atoms with Crippen LogP contribution in [0, 0.1) is 23.0 Å². The number of rotatable bonds is 2. The van der Waals surface area contributed by atoms with Crippen LogP contribution in [0.1, 0.15) is 29.3 Å². The van der Waals surface area contributed by atoms with Crippen LogP contribution in [0.25, 0.3) is 0 Å². The molecule has 1 saturated heterocycles. The Bertz CT molecular complexity index is 583. The monoisotopic (exact) mass is 276 g/mol. The topological polar surface area (TPSA) is 80.5 Å². The molecule has 0 bridgehead atoms. The van der Waals surface area contributed by atoms with E-state index < -0.39 is 4.92 Å². The SMILES string of the molecule is Cc1cc([N+](=O)[O-])ccc1C(=O)N1CCC(=O)C(C)C1. The van der Waals surface area contributed by atoms with Gasteiger partial charge in [0.1, 0.15) is 5.78 Å². The van der Waals surface area contributed by atoms with Crippen LogP contribution in [-0.2, 0) is 4.79 Å². The average Bonchev–Trinajstić information content (AvgIpc) is 2.41. The van der Waals surface area contributed by atoms with Crippen molar-refractivity contribution in [3.8, 4) is 0 Å². The van der Waals surface area contributed by atoms with Crippen LogP contribution in [0.5, 0.6) is 0 Å². The molecule has 0 spiro atoms. The molecule has 2 rings (SSSR count). The number of nitrogens with zero attached hydrogens (tertiary/aromatic N) is 2. The molecule has 1 amide bonds. The van der Waals surface area contributed by atoms with Gasteiger partial charge < -0.3 is 4.90 Å². The molecule has 106 valence electrons. The van der Waals surface area contributed by atoms with Crippen molar-refractivity contribution in [1.82, 2.24) is 4.90 Å². The maximum atomic E-state index is 12.4. The second-order valence-electron chi connectivity index (χ2n) is 5.12. The van der Waals surface area contributed by atoms with Gasteiger partial charge in [-0.1, -0.05) is 6.92 Å². The van der Waals surface area contributed by atoms with Gasteiger partial charge in [-0.05, 0) is 18.6 Å². The molecule has 0 radical (unpaired) electrons. The smallest absolute Gasteiger partial charge is 0.269 e. The second-order valence-corrected chi connectivity index (χ2v) is 5.12. The van der Waals surface area contributed by atoms with Crippen molar-refractivity contribution in [3.05, 3.63) is 39.4 Å². The Morgan fingerprint density at radius 2 is 2.15 bits per heavy atom. The van der Waals surface area contributed by atoms with Crippen LogP contribution in [-0.4, -0.2) is 34.6 Å². The summed E-state index contributed by atoms with van der Waals surface area (Å²) < 4.78 is 0. The lowest BCUT2D eigenvalue weighted by Gasteiger charge is -2.30. The third-order valence-corrected chi connectivity index (χ3v) is 3.61. The molecule has 1 atom stereocenters. The van der Waals surface area contributed by atoms with E-state index >= 15 is 0 Å². The van der Waals surface area contributed by atoms with Crippen molar-refractivity contribution in [3.63, 3.8) is 0 Å². The first-order valence-electron chi connectivity index (χ1n) is 6.47. The van der Waals surface area contributed by atoms with E-state index in [-0.39, 0.29) is 23.3 Å². The van der Waals surface area contributed by atoms with E-state index in [2.05, 4.69) is 0 Å². The van der Waals surface area contributed by atoms with Crippen LogP contribution in [0.2, 0.25) is 0 Å². The highest BCUT2D eigenvalue weighted by atomic mass is 16.6. The maximum absolute atomic E-state index is 12.4. The fourth-order valence-corrected chi connectivity index (χ4v) is 2.37. The zero-order valence-electron chi connectivity index (χ0n) is 11.5. The summed E-state index contributed by atoms with van der Waals surface area (Å²) in [6.45, 7) is 4.32. The van der Waals surface area contributed by atoms with Gasteiger partial charge in [0, 0.05) is 43.1 Å². The Morgan fingerprint density at radius 3 is 2.70 bits per heavy atom. The van der Waals surface area contributed by atoms with E-state index in [1.54, 1.807) is 11.8 Å². The van der Waals surface area contributed by atoms with E-state index in [1.807, 2.05) is 6.92 Å². The molecule has 1 aliphatic rings. The molecule has 0 saturated carbocycles. The van der Waals surface area contributed by atoms with Gasteiger partial charge in [-0.3, -0.25) is 19.7 Å². The Kier molecular flexibility index (Phi) is 3.83. The standard InChI is InChI=1S/C14H16N2O4/c1-9-7-11(16(19)20)3-4-12(9)14(18)15-6-5-13(17)10(2)8-15/h3-4,7,10H,5-6,8H2,1-2H3. The molecular formula is C14H16N2O4. The first kappa shape index (κ1) is 14.2. The largest absolute Gasteiger partial charge is 0.337 e. The number of likely N-dealkylation sites (tertiary alicyclic amines) is 1. The Morgan fingerprint density at radius 1 is 1.45 bits per heavy atom. The van der Waals surface area contributed by atoms with E-state index in [0.29, 0.717) is 30.6 Å². The van der Waals surface area contributed by atoms with Crippen LogP contribution < -0.4 is 0 Å². The van der Waals surface area contributed by atoms with Crippen molar-refractivity contribution in [2.45, 2.75) is 20.3 Å². The zero-order valence-corrected chi connectivity index (χ0v) is 11.5. The fraction of sp³-hybridized carbons (Fsp3) is 0.429. The Hall–Kier alpha value is -2.24. The maximum Gasteiger partial charge on any atom is 0.269 e. The highest BCUT2D eigenvalue weighted by molar-refractivity contribution is 5.97. The Labute approximate surface area is 116 Å². The number of non-ortho nitro benzene ring substituents is 1. The van der Waals surface area contributed by atoms with Crippen LogP contribution in [0.4, 0.5) is 5.69 Å². The van der Waals surface area contributed by atoms with Gasteiger partial charge >= 0.3 is 0 Å². The second kappa shape index (κ2) is 5.40. The molecule has 0 aromatic heterocycles. The minimum atomic E-state index is -0.483. The van der Waals surface area contributed by atoms with Crippen molar-refractivity contribution in [2.75, 3.05) is 13.1 Å². The fourth-order valence-electron chi connectivity index (χ4n) is 2.37. The lowest BCUT2D eigenvalue weighted by Crippen LogP contribution is -2.43. The molecule has 1 fully saturated rings. The summed E-state index contributed by atoms with van der Waals surface area (Å²) >= 11 is 0. The van der Waals surface area contributed by atoms with Crippen molar-refractivity contribution in [2.24, 2.45) is 5.92 Å². The van der Waals surface area contributed by atoms with Gasteiger partial charge in [-0.2, -0.15) is 0 Å². The molecular weight excluding hydrogens is 260 g/mol. The molecule has 0 aliphatic carbocycles. The molecule has 0 N–H and O–H groups in total. The molecule has 1 heterocycles. The summed E-state index contributed by atoms with van der Waals surface area (Å²) in [6.07, 6.45) is 0.374. The van der Waals surface area contributed by atoms with Gasteiger partial charge in [0.25, 0.3) is 11.6 Å². The number of piperidine rings is 1. The lowest BCUT2D eigenvalue weighted by molar-refractivity contribution is -0.384. The van der Waals surface area contributed by atoms with Gasteiger partial charge in [0.2, 0.25) is 0 Å². The highest BCUT2D eigenvalue weighted by Gasteiger charge is 2.28. The molecule has 1 unspecified atom stereocenters. The predicted octanol–water partition coefficient (Wildman–Crippen LogP) is 1.95. The third-order valence-electron chi connectivity index (χ3n) is 3.61. The number of ketones is 1. The number of hydrogen-bond donors (Lipinski definition) is 0. The van der Waals surface area contributed by atoms with Crippen molar-refractivity contribution < 1.29 is 14.5 Å². The first-order chi connectivity index (χ1) is 9.40. The van der Waals surface area contributed by atoms with Gasteiger partial charge in [-0.25, -0.2) is 0 Å². The number of amides is 1. The number of hydrogen-bond acceptors (Lipinski definition) is 4. The number of carbonyl (C=O) groups is 2. The number of benzene rings is 1. The summed E-state index contributed by atoms with van der Waals surface area (Å²) in [5.41, 5.74) is 1.01. The summed E-state index contributed by atoms with van der Waals surface area (Å²) in [6, 6.07) is 4.21. The minimum Gasteiger partial charge on any atom is -0.337 e. The summed E-state index contributed by atoms with van der Waals surface area (Å²) in [5, 5.41) is 10.7. The molecule has 1 aromatic carbocycles. The number of aryl methyl sites for hydroxylation is 1. The van der Waals surface area contributed by atoms with Crippen LogP contribution >= 0.6 is 0 Å². The van der Waals surface area contributed by atoms with E-state index in [9.17, 15) is 19.7 Å². The number of nitro groups is 1. The molecule has 1 aromatic rings. The van der Waals surface area contributed by atoms with Gasteiger partial charge in [0.05, 0.1) is 4.92 Å². The zero-order chi connectivity index (χ0) is 14.9. The van der Waals surface area contributed by atoms with Crippen LogP contribution in [0.3, 0.4) is 0 Å². The lowest BCUT2D eigenvalue weighted by atomic mass is 9.97. The van der Waals surface area contributed by atoms with Crippen molar-refractivity contribution in [1.29, 1.82) is 0 Å².